The Kier molecular flexibility index (Phi) is 12.8. The predicted molar refractivity (Wildman–Crippen MR) is 194 cm³/mol. The number of unbranched alkanes of at least 4 members (excludes halogenated alkanes) is 1. The summed E-state index contributed by atoms with van der Waals surface area (Å²) in [6.45, 7) is 7.79. The lowest BCUT2D eigenvalue weighted by Gasteiger charge is -2.34. The molecule has 0 bridgehead atoms. The minimum Gasteiger partial charge on any atom is -0.493 e. The Morgan fingerprint density at radius 3 is 2.10 bits per heavy atom. The van der Waals surface area contributed by atoms with Gasteiger partial charge in [0.1, 0.15) is 12.6 Å². The van der Waals surface area contributed by atoms with Crippen LogP contribution in [0.15, 0.2) is 95.9 Å². The number of methoxy groups -OCH3 is 2. The van der Waals surface area contributed by atoms with Gasteiger partial charge in [-0.15, -0.1) is 0 Å². The maximum atomic E-state index is 14.8. The second kappa shape index (κ2) is 17.0. The molecule has 0 aliphatic heterocycles. The highest BCUT2D eigenvalue weighted by molar-refractivity contribution is 7.92. The van der Waals surface area contributed by atoms with E-state index >= 15 is 0 Å². The first-order chi connectivity index (χ1) is 23.5. The number of benzene rings is 4. The fraction of sp³-hybridized carbons (Fsp3) is 0.333. The number of rotatable bonds is 16. The summed E-state index contributed by atoms with van der Waals surface area (Å²) in [5.41, 5.74) is 4.70. The molecular formula is C39H47N3O6S. The van der Waals surface area contributed by atoms with Crippen LogP contribution in [-0.2, 0) is 32.6 Å². The molecule has 0 aromatic heterocycles. The summed E-state index contributed by atoms with van der Waals surface area (Å²) in [5, 5.41) is 3.03. The maximum Gasteiger partial charge on any atom is 0.264 e. The van der Waals surface area contributed by atoms with Gasteiger partial charge >= 0.3 is 0 Å². The van der Waals surface area contributed by atoms with Crippen molar-refractivity contribution in [3.63, 3.8) is 0 Å². The Bertz CT molecular complexity index is 1820. The number of nitrogens with zero attached hydrogens (tertiary/aromatic N) is 2. The summed E-state index contributed by atoms with van der Waals surface area (Å²) in [5.74, 6) is -0.196. The molecular weight excluding hydrogens is 639 g/mol. The largest absolute Gasteiger partial charge is 0.493 e. The average Bonchev–Trinajstić information content (AvgIpc) is 3.09. The van der Waals surface area contributed by atoms with Gasteiger partial charge in [-0.1, -0.05) is 74.0 Å². The van der Waals surface area contributed by atoms with Crippen molar-refractivity contribution in [2.75, 3.05) is 31.6 Å². The number of aryl methyl sites for hydroxylation is 3. The molecule has 0 radical (unpaired) electrons. The van der Waals surface area contributed by atoms with E-state index in [1.807, 2.05) is 88.4 Å². The highest BCUT2D eigenvalue weighted by Gasteiger charge is 2.35. The van der Waals surface area contributed by atoms with E-state index in [0.717, 1.165) is 45.0 Å². The van der Waals surface area contributed by atoms with Crippen LogP contribution in [-0.4, -0.2) is 58.5 Å². The van der Waals surface area contributed by atoms with E-state index in [1.54, 1.807) is 12.1 Å². The fourth-order valence-electron chi connectivity index (χ4n) is 5.76. The third-order valence-corrected chi connectivity index (χ3v) is 10.2. The molecule has 1 N–H and O–H groups in total. The minimum atomic E-state index is -4.33. The molecule has 0 heterocycles. The van der Waals surface area contributed by atoms with E-state index in [-0.39, 0.29) is 29.5 Å². The van der Waals surface area contributed by atoms with Gasteiger partial charge in [0.2, 0.25) is 11.8 Å². The number of anilines is 1. The standard InChI is InChI=1S/C39H47N3O6S/c1-7-8-20-40-39(44)35(24-31-15-10-9-11-16-31)41(26-32-17-13-12-14-30(32)4)38(43)27-42(33-22-28(2)21-29(3)23-33)49(45,46)34-18-19-36(47-5)37(25-34)48-6/h9-19,21-23,25,35H,7-8,20,24,26-27H2,1-6H3,(H,40,44)/t35-/m0/s1. The lowest BCUT2D eigenvalue weighted by Crippen LogP contribution is -2.53. The molecule has 0 aliphatic carbocycles. The van der Waals surface area contributed by atoms with Gasteiger partial charge in [0, 0.05) is 25.6 Å². The fourth-order valence-corrected chi connectivity index (χ4v) is 7.17. The third-order valence-electron chi connectivity index (χ3n) is 8.42. The lowest BCUT2D eigenvalue weighted by molar-refractivity contribution is -0.140. The number of nitrogens with one attached hydrogen (secondary N) is 1. The van der Waals surface area contributed by atoms with Gasteiger partial charge < -0.3 is 19.7 Å². The topological polar surface area (TPSA) is 105 Å². The first kappa shape index (κ1) is 37.0. The van der Waals surface area contributed by atoms with Crippen molar-refractivity contribution >= 4 is 27.5 Å². The van der Waals surface area contributed by atoms with Crippen LogP contribution in [0.2, 0.25) is 0 Å². The monoisotopic (exact) mass is 685 g/mol. The lowest BCUT2D eigenvalue weighted by atomic mass is 10.0. The molecule has 1 atom stereocenters. The van der Waals surface area contributed by atoms with Crippen LogP contribution in [0.1, 0.15) is 47.6 Å². The van der Waals surface area contributed by atoms with Gasteiger partial charge in [-0.2, -0.15) is 0 Å². The molecule has 2 amide bonds. The van der Waals surface area contributed by atoms with Gasteiger partial charge in [0.25, 0.3) is 10.0 Å². The zero-order chi connectivity index (χ0) is 35.6. The van der Waals surface area contributed by atoms with Gasteiger partial charge in [0.05, 0.1) is 24.8 Å². The van der Waals surface area contributed by atoms with Crippen molar-refractivity contribution in [1.29, 1.82) is 0 Å². The molecule has 0 spiro atoms. The van der Waals surface area contributed by atoms with E-state index in [4.69, 9.17) is 9.47 Å². The normalized spacial score (nSPS) is 11.8. The molecule has 0 unspecified atom stereocenters. The molecule has 4 rings (SSSR count). The number of carbonyl (C=O) groups excluding carboxylic acids is 2. The molecule has 49 heavy (non-hydrogen) atoms. The first-order valence-electron chi connectivity index (χ1n) is 16.5. The summed E-state index contributed by atoms with van der Waals surface area (Å²) in [7, 11) is -1.42. The summed E-state index contributed by atoms with van der Waals surface area (Å²) in [6.07, 6.45) is 1.94. The summed E-state index contributed by atoms with van der Waals surface area (Å²) >= 11 is 0. The van der Waals surface area contributed by atoms with Gasteiger partial charge in [-0.25, -0.2) is 8.42 Å². The van der Waals surface area contributed by atoms with Crippen molar-refractivity contribution in [3.05, 3.63) is 119 Å². The number of ether oxygens (including phenoxy) is 2. The molecule has 4 aromatic rings. The van der Waals surface area contributed by atoms with Crippen molar-refractivity contribution < 1.29 is 27.5 Å². The second-order valence-electron chi connectivity index (χ2n) is 12.2. The van der Waals surface area contributed by atoms with Crippen molar-refractivity contribution in [1.82, 2.24) is 10.2 Å². The summed E-state index contributed by atoms with van der Waals surface area (Å²) in [6, 6.07) is 26.1. The molecule has 10 heteroatoms. The summed E-state index contributed by atoms with van der Waals surface area (Å²) < 4.78 is 41.0. The second-order valence-corrected chi connectivity index (χ2v) is 14.0. The average molecular weight is 686 g/mol. The number of hydrogen-bond acceptors (Lipinski definition) is 6. The molecule has 0 saturated heterocycles. The zero-order valence-electron chi connectivity index (χ0n) is 29.2. The highest BCUT2D eigenvalue weighted by atomic mass is 32.2. The van der Waals surface area contributed by atoms with Crippen LogP contribution in [0.5, 0.6) is 11.5 Å². The van der Waals surface area contributed by atoms with Crippen LogP contribution in [0, 0.1) is 20.8 Å². The van der Waals surface area contributed by atoms with E-state index in [1.165, 1.54) is 37.3 Å². The third kappa shape index (κ3) is 9.41. The Balaban J connectivity index is 1.85. The number of hydrogen-bond donors (Lipinski definition) is 1. The van der Waals surface area contributed by atoms with E-state index in [2.05, 4.69) is 5.32 Å². The SMILES string of the molecule is CCCCNC(=O)[C@H](Cc1ccccc1)N(Cc1ccccc1C)C(=O)CN(c1cc(C)cc(C)c1)S(=O)(=O)c1ccc(OC)c(OC)c1. The van der Waals surface area contributed by atoms with Crippen molar-refractivity contribution in [2.24, 2.45) is 0 Å². The van der Waals surface area contributed by atoms with Gasteiger partial charge in [0.15, 0.2) is 11.5 Å². The summed E-state index contributed by atoms with van der Waals surface area (Å²) in [4.78, 5) is 30.2. The maximum absolute atomic E-state index is 14.8. The Morgan fingerprint density at radius 1 is 0.816 bits per heavy atom. The molecule has 0 aliphatic rings. The molecule has 260 valence electrons. The quantitative estimate of drug-likeness (QED) is 0.137. The molecule has 4 aromatic carbocycles. The van der Waals surface area contributed by atoms with E-state index in [9.17, 15) is 18.0 Å². The van der Waals surface area contributed by atoms with Crippen molar-refractivity contribution in [2.45, 2.75) is 64.4 Å². The number of amides is 2. The van der Waals surface area contributed by atoms with Crippen LogP contribution >= 0.6 is 0 Å². The van der Waals surface area contributed by atoms with Crippen LogP contribution in [0.3, 0.4) is 0 Å². The van der Waals surface area contributed by atoms with Crippen molar-refractivity contribution in [3.8, 4) is 11.5 Å². The molecule has 0 fully saturated rings. The first-order valence-corrected chi connectivity index (χ1v) is 17.9. The Labute approximate surface area is 290 Å². The smallest absolute Gasteiger partial charge is 0.264 e. The highest BCUT2D eigenvalue weighted by Crippen LogP contribution is 2.33. The minimum absolute atomic E-state index is 0.0688. The molecule has 9 nitrogen and oxygen atoms in total. The van der Waals surface area contributed by atoms with Crippen LogP contribution < -0.4 is 19.1 Å². The Hall–Kier alpha value is -4.83. The molecule has 0 saturated carbocycles. The zero-order valence-corrected chi connectivity index (χ0v) is 30.0. The Morgan fingerprint density at radius 2 is 1.47 bits per heavy atom. The number of carbonyl (C=O) groups is 2. The van der Waals surface area contributed by atoms with E-state index in [0.29, 0.717) is 18.0 Å². The van der Waals surface area contributed by atoms with Crippen LogP contribution in [0.25, 0.3) is 0 Å². The van der Waals surface area contributed by atoms with Gasteiger partial charge in [-0.3, -0.25) is 13.9 Å². The van der Waals surface area contributed by atoms with Gasteiger partial charge in [-0.05, 0) is 79.3 Å². The van der Waals surface area contributed by atoms with Crippen LogP contribution in [0.4, 0.5) is 5.69 Å². The number of sulfonamides is 1. The van der Waals surface area contributed by atoms with E-state index < -0.39 is 28.5 Å². The predicted octanol–water partition coefficient (Wildman–Crippen LogP) is 6.38.